The minimum Gasteiger partial charge on any atom is -0.456 e. The van der Waals surface area contributed by atoms with Gasteiger partial charge in [0.2, 0.25) is 5.91 Å². The molecule has 70 heavy (non-hydrogen) atoms. The molecule has 9 nitrogen and oxygen atoms in total. The summed E-state index contributed by atoms with van der Waals surface area (Å²) in [6.45, 7) is 6.80. The number of esters is 1. The van der Waals surface area contributed by atoms with Crippen molar-refractivity contribution in [3.05, 3.63) is 97.2 Å². The molecule has 0 radical (unpaired) electrons. The van der Waals surface area contributed by atoms with Crippen molar-refractivity contribution in [3.8, 4) is 0 Å². The highest BCUT2D eigenvalue weighted by Gasteiger charge is 2.30. The Morgan fingerprint density at radius 1 is 0.514 bits per heavy atom. The average molecular weight is 998 g/mol. The zero-order valence-corrected chi connectivity index (χ0v) is 46.6. The van der Waals surface area contributed by atoms with Crippen LogP contribution in [0.2, 0.25) is 0 Å². The summed E-state index contributed by atoms with van der Waals surface area (Å²) in [5, 5.41) is 3.02. The van der Waals surface area contributed by atoms with Gasteiger partial charge in [0.15, 0.2) is 0 Å². The first-order valence-electron chi connectivity index (χ1n) is 28.1. The van der Waals surface area contributed by atoms with Crippen LogP contribution in [0.15, 0.2) is 97.2 Å². The van der Waals surface area contributed by atoms with E-state index in [1.807, 2.05) is 33.3 Å². The first-order chi connectivity index (χ1) is 33.9. The lowest BCUT2D eigenvalue weighted by Crippen LogP contribution is -2.47. The zero-order valence-electron chi connectivity index (χ0n) is 45.7. The second-order valence-electron chi connectivity index (χ2n) is 19.7. The molecule has 0 aromatic rings. The van der Waals surface area contributed by atoms with E-state index in [9.17, 15) is 19.0 Å². The average Bonchev–Trinajstić information content (AvgIpc) is 3.32. The number of nitrogens with zero attached hydrogens (tertiary/aromatic N) is 1. The molecule has 0 aromatic heterocycles. The van der Waals surface area contributed by atoms with E-state index in [-0.39, 0.29) is 37.9 Å². The first kappa shape index (κ1) is 66.9. The number of ether oxygens (including phenoxy) is 1. The summed E-state index contributed by atoms with van der Waals surface area (Å²) in [5.74, 6) is -0.575. The summed E-state index contributed by atoms with van der Waals surface area (Å²) in [7, 11) is 1.45. The maximum atomic E-state index is 13.5. The third-order valence-electron chi connectivity index (χ3n) is 11.8. The van der Waals surface area contributed by atoms with Gasteiger partial charge in [0.1, 0.15) is 19.3 Å². The Bertz CT molecular complexity index is 1520. The monoisotopic (exact) mass is 998 g/mol. The summed E-state index contributed by atoms with van der Waals surface area (Å²) in [4.78, 5) is 37.5. The van der Waals surface area contributed by atoms with Crippen molar-refractivity contribution in [2.45, 2.75) is 232 Å². The van der Waals surface area contributed by atoms with Crippen molar-refractivity contribution in [2.75, 3.05) is 40.9 Å². The van der Waals surface area contributed by atoms with Gasteiger partial charge < -0.3 is 19.4 Å². The van der Waals surface area contributed by atoms with E-state index >= 15 is 0 Å². The summed E-state index contributed by atoms with van der Waals surface area (Å²) >= 11 is 0. The molecule has 0 aromatic carbocycles. The minimum absolute atomic E-state index is 0.0251. The van der Waals surface area contributed by atoms with Gasteiger partial charge in [-0.1, -0.05) is 195 Å². The number of quaternary nitrogens is 1. The number of carbonyl (C=O) groups is 2. The second-order valence-corrected chi connectivity index (χ2v) is 21.2. The van der Waals surface area contributed by atoms with Crippen LogP contribution in [0.3, 0.4) is 0 Å². The van der Waals surface area contributed by atoms with Crippen LogP contribution in [0.5, 0.6) is 0 Å². The van der Waals surface area contributed by atoms with Gasteiger partial charge in [-0.25, -0.2) is 4.57 Å². The number of hydrogen-bond donors (Lipinski definition) is 2. The molecule has 0 saturated heterocycles. The predicted octanol–water partition coefficient (Wildman–Crippen LogP) is 16.8. The number of carbonyl (C=O) groups excluding carboxylic acids is 2. The van der Waals surface area contributed by atoms with E-state index in [0.29, 0.717) is 23.9 Å². The molecule has 10 heteroatoms. The second kappa shape index (κ2) is 49.5. The summed E-state index contributed by atoms with van der Waals surface area (Å²) in [6, 6.07) is -0.878. The highest BCUT2D eigenvalue weighted by molar-refractivity contribution is 7.47. The normalized spacial score (nSPS) is 14.6. The SMILES string of the molecule is CC/C=C/C/C=C/C/C=C/C/C=C/CCCCCC(=O)NC(COP(=O)(O)OCC[N+](C)(C)C)C(/C=C/CCCCCCCCCCC)OC(=O)CCCCCC/C=C\C/C=C\C/C=C\CCCCC. The molecule has 0 fully saturated rings. The van der Waals surface area contributed by atoms with Crippen molar-refractivity contribution in [2.24, 2.45) is 0 Å². The number of nitrogens with one attached hydrogen (secondary N) is 1. The van der Waals surface area contributed by atoms with Crippen LogP contribution in [-0.2, 0) is 27.9 Å². The predicted molar refractivity (Wildman–Crippen MR) is 300 cm³/mol. The number of unbranched alkanes of at least 4 members (excludes halogenated alkanes) is 19. The number of hydrogen-bond acceptors (Lipinski definition) is 6. The van der Waals surface area contributed by atoms with Crippen molar-refractivity contribution in [1.29, 1.82) is 0 Å². The van der Waals surface area contributed by atoms with Gasteiger partial charge in [-0.3, -0.25) is 18.6 Å². The molecule has 1 amide bonds. The number of phosphoric acid groups is 1. The number of phosphoric ester groups is 1. The molecule has 0 heterocycles. The largest absolute Gasteiger partial charge is 0.472 e. The molecule has 0 spiro atoms. The molecule has 0 rings (SSSR count). The van der Waals surface area contributed by atoms with Crippen molar-refractivity contribution in [1.82, 2.24) is 5.32 Å². The van der Waals surface area contributed by atoms with Crippen LogP contribution in [-0.4, -0.2) is 74.3 Å². The number of allylic oxidation sites excluding steroid dienone is 15. The number of rotatable bonds is 49. The third kappa shape index (κ3) is 49.9. The fourth-order valence-corrected chi connectivity index (χ4v) is 8.14. The highest BCUT2D eigenvalue weighted by Crippen LogP contribution is 2.43. The van der Waals surface area contributed by atoms with E-state index < -0.39 is 20.0 Å². The van der Waals surface area contributed by atoms with Gasteiger partial charge in [-0.2, -0.15) is 0 Å². The van der Waals surface area contributed by atoms with E-state index in [4.69, 9.17) is 13.8 Å². The minimum atomic E-state index is -4.46. The van der Waals surface area contributed by atoms with E-state index in [2.05, 4.69) is 111 Å². The van der Waals surface area contributed by atoms with Crippen molar-refractivity contribution >= 4 is 19.7 Å². The summed E-state index contributed by atoms with van der Waals surface area (Å²) < 4.78 is 30.5. The fraction of sp³-hybridized carbons (Fsp3) is 0.700. The topological polar surface area (TPSA) is 111 Å². The fourth-order valence-electron chi connectivity index (χ4n) is 7.41. The van der Waals surface area contributed by atoms with Crippen molar-refractivity contribution in [3.63, 3.8) is 0 Å². The van der Waals surface area contributed by atoms with Gasteiger partial charge in [0.05, 0.1) is 33.8 Å². The van der Waals surface area contributed by atoms with Gasteiger partial charge in [0, 0.05) is 12.8 Å². The molecule has 0 aliphatic carbocycles. The van der Waals surface area contributed by atoms with Crippen LogP contribution in [0.4, 0.5) is 0 Å². The van der Waals surface area contributed by atoms with Gasteiger partial charge in [0.25, 0.3) is 0 Å². The quantitative estimate of drug-likeness (QED) is 0.0205. The molecule has 0 bridgehead atoms. The molecular formula is C60H106N2O7P+. The maximum absolute atomic E-state index is 13.5. The van der Waals surface area contributed by atoms with Crippen molar-refractivity contribution < 1.29 is 37.3 Å². The van der Waals surface area contributed by atoms with E-state index in [0.717, 1.165) is 103 Å². The Balaban J connectivity index is 5.45. The lowest BCUT2D eigenvalue weighted by atomic mass is 10.1. The zero-order chi connectivity index (χ0) is 51.5. The van der Waals surface area contributed by atoms with E-state index in [1.54, 1.807) is 0 Å². The van der Waals surface area contributed by atoms with Gasteiger partial charge >= 0.3 is 13.8 Å². The number of likely N-dealkylation sites (N-methyl/N-ethyl adjacent to an activating group) is 1. The Morgan fingerprint density at radius 3 is 1.41 bits per heavy atom. The van der Waals surface area contributed by atoms with Crippen LogP contribution in [0, 0.1) is 0 Å². The molecule has 2 N–H and O–H groups in total. The van der Waals surface area contributed by atoms with Gasteiger partial charge in [-0.05, 0) is 109 Å². The standard InChI is InChI=1S/C60H105N2O7P/c1-7-10-13-16-19-22-25-27-29-31-33-35-38-41-44-47-50-53-60(64)69-58(51-48-45-42-39-36-24-21-18-15-12-9-3)57(56-68-70(65,66)67-55-54-62(4,5)6)61-59(63)52-49-46-43-40-37-34-32-30-28-26-23-20-17-14-11-8-2/h11,14,19-20,22-23,27-30,33-35,37,48,51,57-58H,7-10,12-13,15-18,21,24-26,31-32,36,38-47,49-50,52-56H2,1-6H3,(H-,61,63,65,66)/p+1/b14-11+,22-19-,23-20+,29-27-,30-28+,35-33-,37-34+,51-48+. The lowest BCUT2D eigenvalue weighted by Gasteiger charge is -2.27. The lowest BCUT2D eigenvalue weighted by molar-refractivity contribution is -0.870. The molecular weight excluding hydrogens is 892 g/mol. The smallest absolute Gasteiger partial charge is 0.456 e. The maximum Gasteiger partial charge on any atom is 0.472 e. The molecule has 3 unspecified atom stereocenters. The number of amides is 1. The molecule has 0 saturated carbocycles. The highest BCUT2D eigenvalue weighted by atomic mass is 31.2. The first-order valence-corrected chi connectivity index (χ1v) is 29.6. The third-order valence-corrected chi connectivity index (χ3v) is 12.7. The van der Waals surface area contributed by atoms with Crippen LogP contribution in [0.25, 0.3) is 0 Å². The molecule has 0 aliphatic heterocycles. The Kier molecular flexibility index (Phi) is 47.3. The van der Waals surface area contributed by atoms with Crippen LogP contribution in [0.1, 0.15) is 220 Å². The molecule has 3 atom stereocenters. The van der Waals surface area contributed by atoms with Gasteiger partial charge in [-0.15, -0.1) is 0 Å². The summed E-state index contributed by atoms with van der Waals surface area (Å²) in [6.07, 6.45) is 65.4. The Morgan fingerprint density at radius 2 is 0.914 bits per heavy atom. The molecule has 0 aliphatic rings. The van der Waals surface area contributed by atoms with E-state index in [1.165, 1.54) is 70.6 Å². The molecule has 402 valence electrons. The van der Waals surface area contributed by atoms with Crippen LogP contribution >= 0.6 is 7.82 Å². The van der Waals surface area contributed by atoms with Crippen LogP contribution < -0.4 is 5.32 Å². The summed E-state index contributed by atoms with van der Waals surface area (Å²) in [5.41, 5.74) is 0. The Hall–Kier alpha value is -3.07. The Labute approximate surface area is 430 Å².